The van der Waals surface area contributed by atoms with Crippen LogP contribution in [0.4, 0.5) is 23.1 Å². The maximum Gasteiger partial charge on any atom is 0.252 e. The summed E-state index contributed by atoms with van der Waals surface area (Å²) in [5, 5.41) is 15.8. The minimum absolute atomic E-state index is 0.119. The van der Waals surface area contributed by atoms with Crippen LogP contribution in [-0.4, -0.2) is 68.8 Å². The molecule has 0 aliphatic carbocycles. The summed E-state index contributed by atoms with van der Waals surface area (Å²) in [5.74, 6) is 1.13. The van der Waals surface area contributed by atoms with Crippen LogP contribution >= 0.6 is 0 Å². The van der Waals surface area contributed by atoms with E-state index in [4.69, 9.17) is 0 Å². The largest absolute Gasteiger partial charge is 0.363 e. The number of rotatable bonds is 8. The summed E-state index contributed by atoms with van der Waals surface area (Å²) in [5.41, 5.74) is 8.20. The minimum atomic E-state index is -0.270. The zero-order valence-electron chi connectivity index (χ0n) is 21.2. The number of hydrogen-bond donors (Lipinski definition) is 4. The first-order valence-electron chi connectivity index (χ1n) is 12.3. The van der Waals surface area contributed by atoms with Crippen LogP contribution in [-0.2, 0) is 7.05 Å². The Bertz CT molecular complexity index is 1250. The van der Waals surface area contributed by atoms with Crippen molar-refractivity contribution in [1.29, 1.82) is 0 Å². The zero-order valence-corrected chi connectivity index (χ0v) is 21.2. The van der Waals surface area contributed by atoms with Gasteiger partial charge in [-0.1, -0.05) is 0 Å². The molecular weight excluding hydrogens is 458 g/mol. The van der Waals surface area contributed by atoms with E-state index >= 15 is 0 Å². The predicted octanol–water partition coefficient (Wildman–Crippen LogP) is 1.86. The topological polar surface area (TPSA) is 128 Å². The van der Waals surface area contributed by atoms with Gasteiger partial charge in [-0.3, -0.25) is 19.5 Å². The van der Waals surface area contributed by atoms with Crippen molar-refractivity contribution in [3.8, 4) is 0 Å². The van der Waals surface area contributed by atoms with Crippen molar-refractivity contribution in [2.45, 2.75) is 32.9 Å². The number of amides is 1. The van der Waals surface area contributed by atoms with Crippen LogP contribution < -0.4 is 26.4 Å². The first kappa shape index (κ1) is 23.9. The number of anilines is 4. The molecule has 5 heterocycles. The van der Waals surface area contributed by atoms with Gasteiger partial charge in [0, 0.05) is 39.6 Å². The number of hydrogen-bond acceptors (Lipinski definition) is 10. The van der Waals surface area contributed by atoms with Gasteiger partial charge in [-0.2, -0.15) is 10.1 Å². The van der Waals surface area contributed by atoms with Gasteiger partial charge in [0.2, 0.25) is 5.95 Å². The van der Waals surface area contributed by atoms with E-state index in [0.29, 0.717) is 18.1 Å². The van der Waals surface area contributed by atoms with Crippen LogP contribution in [0.5, 0.6) is 0 Å². The van der Waals surface area contributed by atoms with Crippen LogP contribution in [0.2, 0.25) is 0 Å². The summed E-state index contributed by atoms with van der Waals surface area (Å²) in [7, 11) is 3.80. The molecule has 0 saturated carbocycles. The molecule has 3 aromatic rings. The van der Waals surface area contributed by atoms with Crippen molar-refractivity contribution in [2.75, 3.05) is 48.9 Å². The molecule has 12 heteroatoms. The molecule has 12 nitrogen and oxygen atoms in total. The highest BCUT2D eigenvalue weighted by Crippen LogP contribution is 2.32. The van der Waals surface area contributed by atoms with E-state index in [9.17, 15) is 4.79 Å². The van der Waals surface area contributed by atoms with Crippen molar-refractivity contribution in [3.05, 3.63) is 47.2 Å². The molecule has 0 bridgehead atoms. The second-order valence-electron chi connectivity index (χ2n) is 9.29. The Morgan fingerprint density at radius 3 is 2.67 bits per heavy atom. The van der Waals surface area contributed by atoms with Gasteiger partial charge in [-0.15, -0.1) is 0 Å². The third-order valence-corrected chi connectivity index (χ3v) is 6.79. The lowest BCUT2D eigenvalue weighted by Gasteiger charge is -2.19. The first-order valence-corrected chi connectivity index (χ1v) is 12.3. The van der Waals surface area contributed by atoms with Crippen LogP contribution in [0, 0.1) is 13.8 Å². The number of hydrazine groups is 1. The monoisotopic (exact) mass is 491 g/mol. The average Bonchev–Trinajstić information content (AvgIpc) is 3.57. The smallest absolute Gasteiger partial charge is 0.252 e. The van der Waals surface area contributed by atoms with Crippen molar-refractivity contribution >= 4 is 29.0 Å². The van der Waals surface area contributed by atoms with Gasteiger partial charge >= 0.3 is 0 Å². The SMILES string of the molecule is Cc1ncc(C(=O)NCCN2CCCC2)cc1NC1NN(C)c2nc(Nc3cnn(C)c3C)ncc21. The molecule has 1 fully saturated rings. The maximum atomic E-state index is 12.7. The Hall–Kier alpha value is -3.77. The minimum Gasteiger partial charge on any atom is -0.363 e. The lowest BCUT2D eigenvalue weighted by molar-refractivity contribution is 0.0949. The molecule has 190 valence electrons. The lowest BCUT2D eigenvalue weighted by Crippen LogP contribution is -2.34. The summed E-state index contributed by atoms with van der Waals surface area (Å²) in [6.45, 7) is 7.63. The van der Waals surface area contributed by atoms with Crippen LogP contribution in [0.3, 0.4) is 0 Å². The lowest BCUT2D eigenvalue weighted by atomic mass is 10.2. The van der Waals surface area contributed by atoms with Crippen LogP contribution in [0.25, 0.3) is 0 Å². The van der Waals surface area contributed by atoms with Gasteiger partial charge < -0.3 is 20.9 Å². The van der Waals surface area contributed by atoms with Gasteiger partial charge in [-0.25, -0.2) is 10.4 Å². The molecule has 0 spiro atoms. The molecule has 3 aromatic heterocycles. The number of carbonyl (C=O) groups is 1. The fourth-order valence-corrected chi connectivity index (χ4v) is 4.49. The van der Waals surface area contributed by atoms with Crippen molar-refractivity contribution in [3.63, 3.8) is 0 Å². The number of nitrogens with one attached hydrogen (secondary N) is 4. The number of aromatic nitrogens is 5. The number of fused-ring (bicyclic) bond motifs is 1. The molecule has 0 aromatic carbocycles. The predicted molar refractivity (Wildman–Crippen MR) is 138 cm³/mol. The fraction of sp³-hybridized carbons (Fsp3) is 0.458. The van der Waals surface area contributed by atoms with Gasteiger partial charge in [0.25, 0.3) is 5.91 Å². The van der Waals surface area contributed by atoms with Crippen LogP contribution in [0.15, 0.2) is 24.7 Å². The highest BCUT2D eigenvalue weighted by atomic mass is 16.1. The maximum absolute atomic E-state index is 12.7. The molecule has 5 rings (SSSR count). The highest BCUT2D eigenvalue weighted by molar-refractivity contribution is 5.94. The molecule has 0 radical (unpaired) electrons. The first-order chi connectivity index (χ1) is 17.4. The van der Waals surface area contributed by atoms with E-state index in [1.807, 2.05) is 39.0 Å². The average molecular weight is 492 g/mol. The summed E-state index contributed by atoms with van der Waals surface area (Å²) < 4.78 is 1.79. The molecule has 2 aliphatic heterocycles. The molecule has 2 aliphatic rings. The third-order valence-electron chi connectivity index (χ3n) is 6.79. The van der Waals surface area contributed by atoms with Gasteiger partial charge in [0.15, 0.2) is 5.82 Å². The van der Waals surface area contributed by atoms with Gasteiger partial charge in [-0.05, 0) is 45.8 Å². The van der Waals surface area contributed by atoms with E-state index in [-0.39, 0.29) is 12.1 Å². The quantitative estimate of drug-likeness (QED) is 0.371. The second-order valence-corrected chi connectivity index (χ2v) is 9.29. The number of aryl methyl sites for hydroxylation is 2. The van der Waals surface area contributed by atoms with Gasteiger partial charge in [0.1, 0.15) is 6.17 Å². The molecule has 36 heavy (non-hydrogen) atoms. The summed E-state index contributed by atoms with van der Waals surface area (Å²) in [6, 6.07) is 1.84. The Labute approximate surface area is 210 Å². The summed E-state index contributed by atoms with van der Waals surface area (Å²) >= 11 is 0. The van der Waals surface area contributed by atoms with Crippen molar-refractivity contribution in [1.82, 2.24) is 40.4 Å². The molecule has 1 unspecified atom stereocenters. The Balaban J connectivity index is 1.26. The number of pyridine rings is 1. The van der Waals surface area contributed by atoms with Crippen LogP contribution in [0.1, 0.15) is 46.3 Å². The molecule has 1 amide bonds. The summed E-state index contributed by atoms with van der Waals surface area (Å²) in [6.07, 6.45) is 7.38. The highest BCUT2D eigenvalue weighted by Gasteiger charge is 2.29. The second kappa shape index (κ2) is 10.1. The van der Waals surface area contributed by atoms with Gasteiger partial charge in [0.05, 0.1) is 40.1 Å². The van der Waals surface area contributed by atoms with E-state index < -0.39 is 0 Å². The zero-order chi connectivity index (χ0) is 25.2. The summed E-state index contributed by atoms with van der Waals surface area (Å²) in [4.78, 5) is 28.7. The Morgan fingerprint density at radius 2 is 1.92 bits per heavy atom. The number of nitrogens with zero attached hydrogens (tertiary/aromatic N) is 7. The molecular formula is C24H33N11O. The standard InChI is InChI=1S/C24H33N11O/c1-15-19(11-17(12-26-15)23(36)25-7-10-35-8-5-6-9-35)29-21-18-13-27-24(31-22(18)34(4)32-21)30-20-14-28-33(3)16(20)2/h11-14,21,29,32H,5-10H2,1-4H3,(H,25,36)(H,27,30,31). The van der Waals surface area contributed by atoms with E-state index in [1.165, 1.54) is 12.8 Å². The fourth-order valence-electron chi connectivity index (χ4n) is 4.49. The number of carbonyl (C=O) groups excluding carboxylic acids is 1. The molecule has 1 saturated heterocycles. The molecule has 4 N–H and O–H groups in total. The van der Waals surface area contributed by atoms with Crippen molar-refractivity contribution < 1.29 is 4.79 Å². The van der Waals surface area contributed by atoms with E-state index in [0.717, 1.165) is 53.8 Å². The van der Waals surface area contributed by atoms with Crippen molar-refractivity contribution in [2.24, 2.45) is 7.05 Å². The van der Waals surface area contributed by atoms with E-state index in [1.54, 1.807) is 23.3 Å². The normalized spacial score (nSPS) is 17.3. The third kappa shape index (κ3) is 4.95. The Kier molecular flexibility index (Phi) is 6.70. The van der Waals surface area contributed by atoms with E-state index in [2.05, 4.69) is 46.3 Å². The Morgan fingerprint density at radius 1 is 1.11 bits per heavy atom. The molecule has 1 atom stereocenters. The number of likely N-dealkylation sites (tertiary alicyclic amines) is 1.